The van der Waals surface area contributed by atoms with Crippen molar-refractivity contribution in [1.29, 1.82) is 0 Å². The molecule has 0 radical (unpaired) electrons. The van der Waals surface area contributed by atoms with Crippen molar-refractivity contribution in [3.8, 4) is 0 Å². The van der Waals surface area contributed by atoms with Crippen molar-refractivity contribution in [2.24, 2.45) is 145 Å². The van der Waals surface area contributed by atoms with E-state index in [4.69, 9.17) is 0 Å². The molecule has 646 valence electrons. The molecule has 12 fully saturated rings. The van der Waals surface area contributed by atoms with Crippen LogP contribution in [0.1, 0.15) is 370 Å². The van der Waals surface area contributed by atoms with Gasteiger partial charge in [-0.15, -0.1) is 0 Å². The summed E-state index contributed by atoms with van der Waals surface area (Å²) in [4.78, 5) is 0. The summed E-state index contributed by atoms with van der Waals surface area (Å²) in [7, 11) is 0. The van der Waals surface area contributed by atoms with Crippen LogP contribution in [0.25, 0.3) is 0 Å². The molecule has 13 aliphatic rings. The minimum absolute atomic E-state index is 0.116. The van der Waals surface area contributed by atoms with E-state index in [-0.39, 0.29) is 24.4 Å². The second kappa shape index (κ2) is 41.1. The zero-order valence-corrected chi connectivity index (χ0v) is 78.2. The summed E-state index contributed by atoms with van der Waals surface area (Å²) in [6.45, 7) is 61.5. The number of rotatable bonds is 21. The minimum atomic E-state index is -0.182. The molecule has 0 saturated heterocycles. The van der Waals surface area contributed by atoms with Crippen molar-refractivity contribution in [2.75, 3.05) is 0 Å². The van der Waals surface area contributed by atoms with Crippen molar-refractivity contribution in [3.63, 3.8) is 0 Å². The van der Waals surface area contributed by atoms with Crippen LogP contribution < -0.4 is 0 Å². The average Bonchev–Trinajstić information content (AvgIpc) is 1.67. The third kappa shape index (κ3) is 22.3. The lowest BCUT2D eigenvalue weighted by atomic mass is 9.50. The summed E-state index contributed by atoms with van der Waals surface area (Å²) in [5.74, 6) is 15.5. The monoisotopic (exact) mass is 1580 g/mol. The molecule has 0 aromatic rings. The zero-order chi connectivity index (χ0) is 83.6. The standard InChI is InChI=1S/C28H44O.C28H46O.C28H44O.C27H44O/c1-18(2)19(3)7-8-20(4)24-11-12-25-23-10-9-21-17-22(29)13-15-27(21,5)26(23)14-16-28(24,25)6;2*1-19(2)20(3)9-10-22(5)26-15-16-27-23(8-7-17-28(26,27)6)12-13-24-18-25(29)14-11-21(24)4;1-19(2)8-6-9-21(4)25-15-16-26-22(10-7-17-27(25,26)5)12-13-23-18-24(28)14-11-20(23)3/h7-10,18-20,22,24-26,29H,11-17H2,1-6H3;12-13,19-20,22,25-27,29H,4,7-11,14-18H2,1-3,5-6H3;9-10,12-13,19-20,22,25-27,29H,4,7-8,11,14-18H2,1-3,5-6H3;12-13,19,21,24-26,28H,3,6-11,14-18H2,1-2,4-5H3/b8-7+;23-12+,24-13-;10-9+,23-12+,24-13-;22-12+,23-13-/t19-,20+,22-,24+,25-,26+,27+,28+;2*20-,22+,25-,26+,27-,28+;21-,24+,25-,26+,27-/m0001/s1. The highest BCUT2D eigenvalue weighted by Crippen LogP contribution is 2.67. The number of allylic oxidation sites excluding steroid dienone is 19. The summed E-state index contributed by atoms with van der Waals surface area (Å²) < 4.78 is 0. The van der Waals surface area contributed by atoms with Crippen LogP contribution in [-0.4, -0.2) is 44.8 Å². The first-order chi connectivity index (χ1) is 54.4. The molecule has 4 heteroatoms. The van der Waals surface area contributed by atoms with Crippen LogP contribution >= 0.6 is 0 Å². The van der Waals surface area contributed by atoms with Crippen LogP contribution in [0, 0.1) is 145 Å². The molecule has 115 heavy (non-hydrogen) atoms. The Morgan fingerprint density at radius 1 is 0.357 bits per heavy atom. The number of hydrogen-bond donors (Lipinski definition) is 4. The molecule has 12 saturated carbocycles. The predicted molar refractivity (Wildman–Crippen MR) is 496 cm³/mol. The average molecular weight is 1580 g/mol. The fourth-order valence-electron chi connectivity index (χ4n) is 27.2. The first kappa shape index (κ1) is 93.7. The molecule has 0 unspecified atom stereocenters. The van der Waals surface area contributed by atoms with Crippen molar-refractivity contribution in [3.05, 3.63) is 154 Å². The summed E-state index contributed by atoms with van der Waals surface area (Å²) in [6, 6.07) is 0. The van der Waals surface area contributed by atoms with E-state index in [9.17, 15) is 20.4 Å². The molecule has 13 aliphatic carbocycles. The van der Waals surface area contributed by atoms with Gasteiger partial charge in [0.1, 0.15) is 0 Å². The van der Waals surface area contributed by atoms with Crippen molar-refractivity contribution in [2.45, 2.75) is 394 Å². The molecule has 0 bridgehead atoms. The van der Waals surface area contributed by atoms with Gasteiger partial charge in [0.15, 0.2) is 0 Å². The van der Waals surface area contributed by atoms with Crippen LogP contribution in [-0.2, 0) is 0 Å². The van der Waals surface area contributed by atoms with Crippen LogP contribution in [0.2, 0.25) is 0 Å². The molecule has 0 aromatic heterocycles. The Hall–Kier alpha value is -3.54. The van der Waals surface area contributed by atoms with Gasteiger partial charge in [0, 0.05) is 0 Å². The second-order valence-corrected chi connectivity index (χ2v) is 44.9. The first-order valence-electron chi connectivity index (χ1n) is 49.1. The second-order valence-electron chi connectivity index (χ2n) is 44.9. The van der Waals surface area contributed by atoms with Crippen molar-refractivity contribution >= 4 is 0 Å². The summed E-state index contributed by atoms with van der Waals surface area (Å²) in [5, 5.41) is 40.3. The number of aliphatic hydroxyl groups is 4. The molecule has 0 aliphatic heterocycles. The van der Waals surface area contributed by atoms with E-state index in [0.717, 1.165) is 165 Å². The van der Waals surface area contributed by atoms with Gasteiger partial charge in [-0.05, 0) is 361 Å². The van der Waals surface area contributed by atoms with Gasteiger partial charge in [-0.25, -0.2) is 0 Å². The predicted octanol–water partition coefficient (Wildman–Crippen LogP) is 30.5. The van der Waals surface area contributed by atoms with Gasteiger partial charge in [0.05, 0.1) is 24.4 Å². The van der Waals surface area contributed by atoms with E-state index in [1.807, 2.05) is 0 Å². The highest BCUT2D eigenvalue weighted by atomic mass is 16.3. The molecule has 0 spiro atoms. The fraction of sp³-hybridized carbons (Fsp3) is 0.766. The first-order valence-corrected chi connectivity index (χ1v) is 49.1. The van der Waals surface area contributed by atoms with E-state index >= 15 is 0 Å². The van der Waals surface area contributed by atoms with Crippen molar-refractivity contribution in [1.82, 2.24) is 0 Å². The topological polar surface area (TPSA) is 80.9 Å². The van der Waals surface area contributed by atoms with Gasteiger partial charge < -0.3 is 20.4 Å². The minimum Gasteiger partial charge on any atom is -0.393 e. The van der Waals surface area contributed by atoms with E-state index in [0.29, 0.717) is 50.7 Å². The highest BCUT2D eigenvalue weighted by Gasteiger charge is 2.58. The summed E-state index contributed by atoms with van der Waals surface area (Å²) in [6.07, 6.45) is 72.2. The maximum Gasteiger partial charge on any atom is 0.0583 e. The molecule has 0 aromatic carbocycles. The molecule has 13 rings (SSSR count). The lowest BCUT2D eigenvalue weighted by molar-refractivity contribution is 0.0382. The Balaban J connectivity index is 0.000000162. The maximum atomic E-state index is 10.2. The smallest absolute Gasteiger partial charge is 0.0583 e. The van der Waals surface area contributed by atoms with E-state index in [1.165, 1.54) is 200 Å². The van der Waals surface area contributed by atoms with Crippen LogP contribution in [0.3, 0.4) is 0 Å². The van der Waals surface area contributed by atoms with Gasteiger partial charge >= 0.3 is 0 Å². The van der Waals surface area contributed by atoms with Crippen LogP contribution in [0.5, 0.6) is 0 Å². The number of fused-ring (bicyclic) bond motifs is 8. The molecular formula is C111H178O4. The Morgan fingerprint density at radius 2 is 0.739 bits per heavy atom. The summed E-state index contributed by atoms with van der Waals surface area (Å²) >= 11 is 0. The van der Waals surface area contributed by atoms with Gasteiger partial charge in [-0.3, -0.25) is 0 Å². The normalized spacial score (nSPS) is 39.4. The Kier molecular flexibility index (Phi) is 33.5. The van der Waals surface area contributed by atoms with Gasteiger partial charge in [-0.1, -0.05) is 308 Å². The Morgan fingerprint density at radius 3 is 1.15 bits per heavy atom. The van der Waals surface area contributed by atoms with E-state index in [1.54, 1.807) is 22.3 Å². The molecular weight excluding hydrogens is 1400 g/mol. The fourth-order valence-corrected chi connectivity index (χ4v) is 27.2. The Bertz CT molecular complexity index is 3560. The molecule has 4 N–H and O–H groups in total. The molecule has 4 nitrogen and oxygen atoms in total. The molecule has 0 amide bonds. The van der Waals surface area contributed by atoms with E-state index < -0.39 is 0 Å². The zero-order valence-electron chi connectivity index (χ0n) is 78.2. The van der Waals surface area contributed by atoms with Crippen LogP contribution in [0.4, 0.5) is 0 Å². The molecule has 0 heterocycles. The SMILES string of the molecule is C=C1CC[C@H](O)C/C1=C/C=C1\CCC[C@]2(C)[C@@H]([C@H](C)/C=C/[C@H](C)C(C)C)CC[C@@H]12.C=C1CC[C@H](O)C/C1=C/C=C1\CCC[C@]2(C)[C@@H]([C@H](C)CCCC(C)C)CC[C@@H]12.C=C1CC[C@H](O)C/C1=C/C=C1\CCC[C@]2(C)[C@@H]([C@H](C)CC[C@H](C)C(C)C)CC[C@@H]12.CC(C)[C@@H](C)/C=C/[C@@H](C)[C@H]1CC[C@H]2C3=CC=C4C[C@@H](O)CC[C@@]4(C)[C@@H]3CC[C@]12C. The van der Waals surface area contributed by atoms with Gasteiger partial charge in [0.2, 0.25) is 0 Å². The Labute approximate surface area is 709 Å². The highest BCUT2D eigenvalue weighted by molar-refractivity contribution is 5.41. The van der Waals surface area contributed by atoms with Gasteiger partial charge in [0.25, 0.3) is 0 Å². The third-order valence-electron chi connectivity index (χ3n) is 36.1. The lowest BCUT2D eigenvalue weighted by Gasteiger charge is -2.55. The number of hydrogen-bond acceptors (Lipinski definition) is 4. The third-order valence-corrected chi connectivity index (χ3v) is 36.1. The quantitative estimate of drug-likeness (QED) is 0.0864. The van der Waals surface area contributed by atoms with Crippen molar-refractivity contribution < 1.29 is 20.4 Å². The van der Waals surface area contributed by atoms with E-state index in [2.05, 4.69) is 231 Å². The molecule has 25 atom stereocenters. The maximum absolute atomic E-state index is 10.2. The lowest BCUT2D eigenvalue weighted by Crippen LogP contribution is -2.46. The largest absolute Gasteiger partial charge is 0.393 e. The number of aliphatic hydroxyl groups excluding tert-OH is 4. The van der Waals surface area contributed by atoms with Gasteiger partial charge in [-0.2, -0.15) is 0 Å². The summed E-state index contributed by atoms with van der Waals surface area (Å²) in [5.41, 5.74) is 18.1. The van der Waals surface area contributed by atoms with Crippen LogP contribution in [0.15, 0.2) is 154 Å².